The Morgan fingerprint density at radius 3 is 2.32 bits per heavy atom. The van der Waals surface area contributed by atoms with Gasteiger partial charge in [0.2, 0.25) is 0 Å². The molecule has 5 heteroatoms. The van der Waals surface area contributed by atoms with E-state index in [2.05, 4.69) is 63.5 Å². The minimum Gasteiger partial charge on any atom is -0.379 e. The summed E-state index contributed by atoms with van der Waals surface area (Å²) in [7, 11) is 1.82. The summed E-state index contributed by atoms with van der Waals surface area (Å²) in [5, 5.41) is 14.7. The highest BCUT2D eigenvalue weighted by Crippen LogP contribution is 2.30. The zero-order chi connectivity index (χ0) is 17.3. The van der Waals surface area contributed by atoms with E-state index < -0.39 is 5.60 Å². The summed E-state index contributed by atoms with van der Waals surface area (Å²) in [5.74, 6) is 0.649. The zero-order valence-electron chi connectivity index (χ0n) is 14.3. The predicted molar refractivity (Wildman–Crippen MR) is 96.9 cm³/mol. The second-order valence-corrected chi connectivity index (χ2v) is 6.76. The number of rotatable bonds is 5. The molecule has 1 fully saturated rings. The third kappa shape index (κ3) is 3.21. The van der Waals surface area contributed by atoms with Crippen LogP contribution in [0.4, 0.5) is 0 Å². The molecule has 1 aliphatic rings. The van der Waals surface area contributed by atoms with E-state index in [4.69, 9.17) is 0 Å². The fraction of sp³-hybridized carbons (Fsp3) is 0.300. The van der Waals surface area contributed by atoms with Crippen molar-refractivity contribution in [3.8, 4) is 11.1 Å². The van der Waals surface area contributed by atoms with Crippen molar-refractivity contribution in [3.63, 3.8) is 0 Å². The van der Waals surface area contributed by atoms with Gasteiger partial charge in [-0.25, -0.2) is 4.98 Å². The molecule has 0 amide bonds. The summed E-state index contributed by atoms with van der Waals surface area (Å²) in [6.07, 6.45) is 2.47. The molecule has 0 atom stereocenters. The summed E-state index contributed by atoms with van der Waals surface area (Å²) >= 11 is 0. The Hall–Kier alpha value is -2.50. The molecule has 0 saturated carbocycles. The van der Waals surface area contributed by atoms with Crippen molar-refractivity contribution in [2.24, 2.45) is 7.05 Å². The molecule has 0 unspecified atom stereocenters. The molecule has 5 nitrogen and oxygen atoms in total. The molecule has 0 aliphatic carbocycles. The number of hydrogen-bond donors (Lipinski definition) is 1. The largest absolute Gasteiger partial charge is 0.379 e. The van der Waals surface area contributed by atoms with Crippen LogP contribution in [0.25, 0.3) is 11.1 Å². The van der Waals surface area contributed by atoms with Crippen molar-refractivity contribution in [2.45, 2.75) is 12.0 Å². The van der Waals surface area contributed by atoms with Crippen LogP contribution in [-0.4, -0.2) is 44.4 Å². The van der Waals surface area contributed by atoms with Gasteiger partial charge in [-0.15, -0.1) is 0 Å². The Morgan fingerprint density at radius 1 is 1.00 bits per heavy atom. The molecule has 0 bridgehead atoms. The monoisotopic (exact) mass is 334 g/mol. The second-order valence-electron chi connectivity index (χ2n) is 6.76. The van der Waals surface area contributed by atoms with Gasteiger partial charge in [0.1, 0.15) is 11.9 Å². The molecule has 1 saturated heterocycles. The van der Waals surface area contributed by atoms with Crippen molar-refractivity contribution in [2.75, 3.05) is 19.6 Å². The molecule has 4 rings (SSSR count). The molecule has 128 valence electrons. The van der Waals surface area contributed by atoms with Crippen molar-refractivity contribution in [3.05, 3.63) is 72.3 Å². The Labute approximate surface area is 147 Å². The van der Waals surface area contributed by atoms with Crippen LogP contribution in [0.3, 0.4) is 0 Å². The fourth-order valence-corrected chi connectivity index (χ4v) is 3.49. The van der Waals surface area contributed by atoms with Crippen LogP contribution in [0.1, 0.15) is 11.4 Å². The maximum Gasteiger partial charge on any atom is 0.161 e. The lowest BCUT2D eigenvalue weighted by Crippen LogP contribution is -2.60. The number of likely N-dealkylation sites (tertiary alicyclic amines) is 1. The molecular weight excluding hydrogens is 312 g/mol. The maximum absolute atomic E-state index is 10.6. The van der Waals surface area contributed by atoms with Crippen LogP contribution in [0.5, 0.6) is 0 Å². The number of nitrogens with zero attached hydrogens (tertiary/aromatic N) is 4. The molecule has 2 heterocycles. The maximum atomic E-state index is 10.6. The number of aromatic nitrogens is 3. The highest BCUT2D eigenvalue weighted by atomic mass is 16.3. The third-order valence-corrected chi connectivity index (χ3v) is 4.88. The van der Waals surface area contributed by atoms with Crippen LogP contribution in [0.2, 0.25) is 0 Å². The Balaban J connectivity index is 1.32. The molecule has 2 aromatic carbocycles. The minimum absolute atomic E-state index is 0.613. The highest BCUT2D eigenvalue weighted by Gasteiger charge is 2.45. The first-order valence-corrected chi connectivity index (χ1v) is 8.58. The van der Waals surface area contributed by atoms with Crippen LogP contribution >= 0.6 is 0 Å². The van der Waals surface area contributed by atoms with Crippen LogP contribution in [0.15, 0.2) is 60.9 Å². The van der Waals surface area contributed by atoms with Gasteiger partial charge in [0, 0.05) is 26.7 Å². The second kappa shape index (κ2) is 6.43. The Bertz CT molecular complexity index is 836. The number of aryl methyl sites for hydroxylation is 1. The summed E-state index contributed by atoms with van der Waals surface area (Å²) in [6, 6.07) is 19.1. The van der Waals surface area contributed by atoms with Gasteiger partial charge in [-0.3, -0.25) is 9.58 Å². The topological polar surface area (TPSA) is 54.2 Å². The van der Waals surface area contributed by atoms with Gasteiger partial charge < -0.3 is 5.11 Å². The standard InChI is InChI=1S/C20H22N4O/c1-23-19(21-15-22-23)20(25)13-24(14-20)12-11-16-7-9-18(10-8-16)17-5-3-2-4-6-17/h2-10,15,25H,11-14H2,1H3. The lowest BCUT2D eigenvalue weighted by atomic mass is 9.92. The summed E-state index contributed by atoms with van der Waals surface area (Å²) < 4.78 is 1.65. The fourth-order valence-electron chi connectivity index (χ4n) is 3.49. The average molecular weight is 334 g/mol. The van der Waals surface area contributed by atoms with Crippen LogP contribution < -0.4 is 0 Å². The van der Waals surface area contributed by atoms with Gasteiger partial charge in [-0.05, 0) is 23.1 Å². The lowest BCUT2D eigenvalue weighted by Gasteiger charge is -2.45. The summed E-state index contributed by atoms with van der Waals surface area (Å²) in [4.78, 5) is 6.43. The van der Waals surface area contributed by atoms with E-state index in [1.165, 1.54) is 23.0 Å². The Kier molecular flexibility index (Phi) is 4.11. The molecule has 3 aromatic rings. The molecule has 25 heavy (non-hydrogen) atoms. The normalized spacial score (nSPS) is 16.6. The van der Waals surface area contributed by atoms with E-state index >= 15 is 0 Å². The van der Waals surface area contributed by atoms with Gasteiger partial charge in [0.05, 0.1) is 0 Å². The molecule has 0 spiro atoms. The average Bonchev–Trinajstić information content (AvgIpc) is 3.05. The first-order valence-electron chi connectivity index (χ1n) is 8.58. The Morgan fingerprint density at radius 2 is 1.68 bits per heavy atom. The van der Waals surface area contributed by atoms with E-state index in [0.29, 0.717) is 18.9 Å². The summed E-state index contributed by atoms with van der Waals surface area (Å²) in [5.41, 5.74) is 2.94. The molecule has 0 radical (unpaired) electrons. The van der Waals surface area contributed by atoms with E-state index in [9.17, 15) is 5.11 Å². The highest BCUT2D eigenvalue weighted by molar-refractivity contribution is 5.63. The van der Waals surface area contributed by atoms with E-state index in [1.54, 1.807) is 4.68 Å². The van der Waals surface area contributed by atoms with E-state index in [-0.39, 0.29) is 0 Å². The molecule has 1 aliphatic heterocycles. The first-order chi connectivity index (χ1) is 12.1. The van der Waals surface area contributed by atoms with E-state index in [0.717, 1.165) is 13.0 Å². The van der Waals surface area contributed by atoms with Crippen LogP contribution in [0, 0.1) is 0 Å². The van der Waals surface area contributed by atoms with Crippen molar-refractivity contribution in [1.82, 2.24) is 19.7 Å². The third-order valence-electron chi connectivity index (χ3n) is 4.88. The SMILES string of the molecule is Cn1ncnc1C1(O)CN(CCc2ccc(-c3ccccc3)cc2)C1. The predicted octanol–water partition coefficient (Wildman–Crippen LogP) is 2.23. The van der Waals surface area contributed by atoms with Gasteiger partial charge in [-0.1, -0.05) is 54.6 Å². The minimum atomic E-state index is -0.859. The van der Waals surface area contributed by atoms with Crippen molar-refractivity contribution >= 4 is 0 Å². The zero-order valence-corrected chi connectivity index (χ0v) is 14.3. The van der Waals surface area contributed by atoms with Gasteiger partial charge >= 0.3 is 0 Å². The first kappa shape index (κ1) is 16.0. The van der Waals surface area contributed by atoms with Crippen molar-refractivity contribution < 1.29 is 5.11 Å². The molecule has 1 N–H and O–H groups in total. The lowest BCUT2D eigenvalue weighted by molar-refractivity contribution is -0.111. The number of β-amino-alcohol motifs (C(OH)–C–C–N with tert-alkyl or cyclic N) is 1. The number of benzene rings is 2. The van der Waals surface area contributed by atoms with Crippen molar-refractivity contribution in [1.29, 1.82) is 0 Å². The quantitative estimate of drug-likeness (QED) is 0.777. The van der Waals surface area contributed by atoms with E-state index in [1.807, 2.05) is 13.1 Å². The smallest absolute Gasteiger partial charge is 0.161 e. The number of hydrogen-bond acceptors (Lipinski definition) is 4. The van der Waals surface area contributed by atoms with Gasteiger partial charge in [-0.2, -0.15) is 5.10 Å². The number of aliphatic hydroxyl groups is 1. The van der Waals surface area contributed by atoms with Gasteiger partial charge in [0.15, 0.2) is 5.82 Å². The molecular formula is C20H22N4O. The van der Waals surface area contributed by atoms with Gasteiger partial charge in [0.25, 0.3) is 0 Å². The van der Waals surface area contributed by atoms with Crippen LogP contribution in [-0.2, 0) is 19.1 Å². The molecule has 1 aromatic heterocycles. The summed E-state index contributed by atoms with van der Waals surface area (Å²) in [6.45, 7) is 2.16.